The minimum Gasteiger partial charge on any atom is -0.473 e. The summed E-state index contributed by atoms with van der Waals surface area (Å²) in [6.45, 7) is 8.30. The van der Waals surface area contributed by atoms with E-state index in [1.165, 1.54) is 5.56 Å². The van der Waals surface area contributed by atoms with E-state index in [0.717, 1.165) is 84.5 Å². The molecule has 0 bridgehead atoms. The van der Waals surface area contributed by atoms with Gasteiger partial charge >= 0.3 is 23.9 Å². The van der Waals surface area contributed by atoms with Gasteiger partial charge in [-0.15, -0.1) is 0 Å². The number of carbonyl (C=O) groups excluding carboxylic acids is 2. The number of hydrogen-bond donors (Lipinski definition) is 4. The zero-order valence-corrected chi connectivity index (χ0v) is 23.6. The first-order valence-electron chi connectivity index (χ1n) is 14.0. The molecule has 2 amide bonds. The molecule has 4 N–H and O–H groups in total. The van der Waals surface area contributed by atoms with Crippen LogP contribution in [0.4, 0.5) is 0 Å². The molecule has 0 aromatic heterocycles. The number of rotatable bonds is 7. The topological polar surface area (TPSA) is 196 Å². The summed E-state index contributed by atoms with van der Waals surface area (Å²) in [4.78, 5) is 70.3. The summed E-state index contributed by atoms with van der Waals surface area (Å²) < 4.78 is 0. The van der Waals surface area contributed by atoms with Gasteiger partial charge in [-0.1, -0.05) is 30.3 Å². The van der Waals surface area contributed by atoms with E-state index in [9.17, 15) is 9.59 Å². The van der Waals surface area contributed by atoms with E-state index in [0.29, 0.717) is 24.8 Å². The second-order valence-electron chi connectivity index (χ2n) is 10.2. The summed E-state index contributed by atoms with van der Waals surface area (Å²) in [6, 6.07) is 10.7. The number of nitrogens with zero attached hydrogens (tertiary/aromatic N) is 4. The van der Waals surface area contributed by atoms with Crippen molar-refractivity contribution in [3.63, 3.8) is 0 Å². The third-order valence-electron chi connectivity index (χ3n) is 7.27. The highest BCUT2D eigenvalue weighted by Crippen LogP contribution is 2.31. The molecule has 3 saturated heterocycles. The van der Waals surface area contributed by atoms with E-state index in [2.05, 4.69) is 39.0 Å². The Bertz CT molecular complexity index is 1020. The van der Waals surface area contributed by atoms with Gasteiger partial charge in [0, 0.05) is 52.2 Å². The van der Waals surface area contributed by atoms with Crippen molar-refractivity contribution in [3.05, 3.63) is 35.9 Å². The standard InChI is InChI=1S/C24H36N4O2.2C2H2O4/c29-23-11-6-10-22(21-8-2-1-3-9-21)28(23)15-7-12-25-16-18-26(19-17-25)20-24(30)27-13-4-5-14-27;2*3-1(4)2(5)6/h1-3,8-9,22H,4-7,10-20H2;2*(H,3,4)(H,5,6). The van der Waals surface area contributed by atoms with Gasteiger partial charge in [0.1, 0.15) is 0 Å². The lowest BCUT2D eigenvalue weighted by molar-refractivity contribution is -0.159. The Morgan fingerprint density at radius 3 is 1.74 bits per heavy atom. The molecule has 0 radical (unpaired) electrons. The van der Waals surface area contributed by atoms with Crippen LogP contribution in [-0.2, 0) is 28.8 Å². The molecular formula is C28H40N4O10. The number of hydrogen-bond acceptors (Lipinski definition) is 8. The average molecular weight is 593 g/mol. The minimum absolute atomic E-state index is 0.237. The number of likely N-dealkylation sites (tertiary alicyclic amines) is 2. The molecule has 1 aromatic carbocycles. The predicted molar refractivity (Wildman–Crippen MR) is 149 cm³/mol. The van der Waals surface area contributed by atoms with Crippen LogP contribution in [0.5, 0.6) is 0 Å². The Kier molecular flexibility index (Phi) is 14.4. The van der Waals surface area contributed by atoms with Crippen LogP contribution in [0.25, 0.3) is 0 Å². The predicted octanol–water partition coefficient (Wildman–Crippen LogP) is 0.682. The second kappa shape index (κ2) is 17.7. The molecule has 3 fully saturated rings. The molecule has 14 nitrogen and oxygen atoms in total. The van der Waals surface area contributed by atoms with E-state index in [4.69, 9.17) is 39.6 Å². The highest BCUT2D eigenvalue weighted by Gasteiger charge is 2.29. The molecule has 232 valence electrons. The first-order valence-corrected chi connectivity index (χ1v) is 14.0. The van der Waals surface area contributed by atoms with Crippen LogP contribution in [0, 0.1) is 0 Å². The molecule has 42 heavy (non-hydrogen) atoms. The van der Waals surface area contributed by atoms with Gasteiger partial charge in [-0.2, -0.15) is 0 Å². The smallest absolute Gasteiger partial charge is 0.414 e. The summed E-state index contributed by atoms with van der Waals surface area (Å²) in [6.07, 6.45) is 6.08. The summed E-state index contributed by atoms with van der Waals surface area (Å²) in [5.74, 6) is -6.69. The Hall–Kier alpha value is -4.04. The van der Waals surface area contributed by atoms with Crippen LogP contribution >= 0.6 is 0 Å². The molecule has 3 aliphatic rings. The number of amides is 2. The first kappa shape index (κ1) is 34.2. The lowest BCUT2D eigenvalue weighted by Gasteiger charge is -2.38. The third kappa shape index (κ3) is 11.8. The fourth-order valence-electron chi connectivity index (χ4n) is 5.12. The lowest BCUT2D eigenvalue weighted by atomic mass is 9.94. The van der Waals surface area contributed by atoms with Crippen molar-refractivity contribution in [1.82, 2.24) is 19.6 Å². The fourth-order valence-corrected chi connectivity index (χ4v) is 5.12. The summed E-state index contributed by atoms with van der Waals surface area (Å²) in [7, 11) is 0. The Labute approximate surface area is 244 Å². The van der Waals surface area contributed by atoms with Crippen molar-refractivity contribution in [1.29, 1.82) is 0 Å². The number of carboxylic acids is 4. The molecular weight excluding hydrogens is 552 g/mol. The summed E-state index contributed by atoms with van der Waals surface area (Å²) in [5, 5.41) is 29.6. The average Bonchev–Trinajstić information content (AvgIpc) is 3.51. The van der Waals surface area contributed by atoms with Gasteiger partial charge < -0.3 is 35.1 Å². The Morgan fingerprint density at radius 2 is 1.21 bits per heavy atom. The van der Waals surface area contributed by atoms with E-state index in [1.807, 2.05) is 11.0 Å². The number of carbonyl (C=O) groups is 6. The number of piperidine rings is 1. The molecule has 0 saturated carbocycles. The highest BCUT2D eigenvalue weighted by atomic mass is 16.4. The molecule has 14 heteroatoms. The molecule has 1 atom stereocenters. The van der Waals surface area contributed by atoms with Crippen LogP contribution < -0.4 is 0 Å². The van der Waals surface area contributed by atoms with Crippen LogP contribution in [0.2, 0.25) is 0 Å². The van der Waals surface area contributed by atoms with Crippen molar-refractivity contribution < 1.29 is 49.2 Å². The maximum Gasteiger partial charge on any atom is 0.414 e. The van der Waals surface area contributed by atoms with Gasteiger partial charge in [0.05, 0.1) is 12.6 Å². The fraction of sp³-hybridized carbons (Fsp3) is 0.571. The van der Waals surface area contributed by atoms with Gasteiger partial charge in [-0.25, -0.2) is 19.2 Å². The third-order valence-corrected chi connectivity index (χ3v) is 7.27. The highest BCUT2D eigenvalue weighted by molar-refractivity contribution is 6.27. The van der Waals surface area contributed by atoms with Gasteiger partial charge in [0.2, 0.25) is 11.8 Å². The summed E-state index contributed by atoms with van der Waals surface area (Å²) >= 11 is 0. The molecule has 0 spiro atoms. The van der Waals surface area contributed by atoms with Crippen molar-refractivity contribution in [3.8, 4) is 0 Å². The normalized spacial score (nSPS) is 19.1. The first-order chi connectivity index (χ1) is 20.0. The summed E-state index contributed by atoms with van der Waals surface area (Å²) in [5.41, 5.74) is 1.27. The Balaban J connectivity index is 0.000000434. The quantitative estimate of drug-likeness (QED) is 0.324. The van der Waals surface area contributed by atoms with Crippen molar-refractivity contribution >= 4 is 35.7 Å². The lowest BCUT2D eigenvalue weighted by Crippen LogP contribution is -2.50. The van der Waals surface area contributed by atoms with E-state index in [1.54, 1.807) is 0 Å². The van der Waals surface area contributed by atoms with Gasteiger partial charge in [-0.3, -0.25) is 14.5 Å². The van der Waals surface area contributed by atoms with E-state index in [-0.39, 0.29) is 6.04 Å². The van der Waals surface area contributed by atoms with Gasteiger partial charge in [0.15, 0.2) is 0 Å². The maximum absolute atomic E-state index is 12.6. The van der Waals surface area contributed by atoms with E-state index >= 15 is 0 Å². The van der Waals surface area contributed by atoms with Crippen molar-refractivity contribution in [2.24, 2.45) is 0 Å². The molecule has 1 aromatic rings. The van der Waals surface area contributed by atoms with E-state index < -0.39 is 23.9 Å². The molecule has 3 aliphatic heterocycles. The Morgan fingerprint density at radius 1 is 0.690 bits per heavy atom. The monoisotopic (exact) mass is 592 g/mol. The zero-order valence-electron chi connectivity index (χ0n) is 23.6. The van der Waals surface area contributed by atoms with Gasteiger partial charge in [0.25, 0.3) is 0 Å². The second-order valence-corrected chi connectivity index (χ2v) is 10.2. The number of piperazine rings is 1. The molecule has 4 rings (SSSR count). The molecule has 3 heterocycles. The maximum atomic E-state index is 12.6. The SMILES string of the molecule is O=C(CN1CCN(CCCN2C(=O)CCCC2c2ccccc2)CC1)N1CCCC1.O=C(O)C(=O)O.O=C(O)C(=O)O. The van der Waals surface area contributed by atoms with Crippen LogP contribution in [0.15, 0.2) is 30.3 Å². The number of benzene rings is 1. The largest absolute Gasteiger partial charge is 0.473 e. The zero-order chi connectivity index (χ0) is 31.1. The molecule has 1 unspecified atom stereocenters. The molecule has 0 aliphatic carbocycles. The van der Waals surface area contributed by atoms with Crippen molar-refractivity contribution in [2.75, 3.05) is 58.9 Å². The van der Waals surface area contributed by atoms with Crippen molar-refractivity contribution in [2.45, 2.75) is 44.6 Å². The van der Waals surface area contributed by atoms with Crippen LogP contribution in [-0.4, -0.2) is 135 Å². The minimum atomic E-state index is -1.82. The van der Waals surface area contributed by atoms with Crippen LogP contribution in [0.3, 0.4) is 0 Å². The number of aliphatic carboxylic acids is 4. The van der Waals surface area contributed by atoms with Crippen LogP contribution in [0.1, 0.15) is 50.1 Å². The number of carboxylic acid groups (broad SMARTS) is 4. The van der Waals surface area contributed by atoms with Gasteiger partial charge in [-0.05, 0) is 44.2 Å².